The van der Waals surface area contributed by atoms with Gasteiger partial charge in [-0.2, -0.15) is 0 Å². The summed E-state index contributed by atoms with van der Waals surface area (Å²) in [7, 11) is 0. The Kier molecular flexibility index (Phi) is 2.96. The van der Waals surface area contributed by atoms with Crippen molar-refractivity contribution >= 4 is 37.5 Å². The van der Waals surface area contributed by atoms with Crippen molar-refractivity contribution in [3.8, 4) is 0 Å². The van der Waals surface area contributed by atoms with Crippen molar-refractivity contribution in [2.45, 2.75) is 18.8 Å². The van der Waals surface area contributed by atoms with Gasteiger partial charge < -0.3 is 5.32 Å². The van der Waals surface area contributed by atoms with Gasteiger partial charge in [0.1, 0.15) is 0 Å². The van der Waals surface area contributed by atoms with Gasteiger partial charge in [-0.05, 0) is 44.1 Å². The van der Waals surface area contributed by atoms with E-state index in [1.54, 1.807) is 0 Å². The third-order valence-corrected chi connectivity index (χ3v) is 4.75. The normalized spacial score (nSPS) is 18.1. The van der Waals surface area contributed by atoms with Gasteiger partial charge in [0.25, 0.3) is 0 Å². The highest BCUT2D eigenvalue weighted by atomic mass is 79.9. The Morgan fingerprint density at radius 1 is 1.31 bits per heavy atom. The van der Waals surface area contributed by atoms with Crippen LogP contribution in [0.5, 0.6) is 0 Å². The van der Waals surface area contributed by atoms with E-state index in [0.717, 1.165) is 23.1 Å². The highest BCUT2D eigenvalue weighted by Gasteiger charge is 2.18. The molecule has 0 amide bonds. The molecule has 0 aliphatic carbocycles. The average Bonchev–Trinajstić information content (AvgIpc) is 2.73. The fourth-order valence-corrected chi connectivity index (χ4v) is 3.63. The number of hydrogen-bond acceptors (Lipinski definition) is 3. The maximum atomic E-state index is 4.76. The molecule has 0 radical (unpaired) electrons. The molecule has 16 heavy (non-hydrogen) atoms. The Labute approximate surface area is 107 Å². The van der Waals surface area contributed by atoms with Crippen LogP contribution in [0, 0.1) is 0 Å². The number of nitrogens with one attached hydrogen (secondary N) is 1. The fourth-order valence-electron chi connectivity index (χ4n) is 2.16. The smallest absolute Gasteiger partial charge is 0.0970 e. The predicted octanol–water partition coefficient (Wildman–Crippen LogP) is 3.53. The van der Waals surface area contributed by atoms with Crippen LogP contribution >= 0.6 is 27.3 Å². The van der Waals surface area contributed by atoms with Crippen molar-refractivity contribution in [1.29, 1.82) is 0 Å². The van der Waals surface area contributed by atoms with Crippen LogP contribution in [0.25, 0.3) is 10.2 Å². The lowest BCUT2D eigenvalue weighted by Gasteiger charge is -2.20. The van der Waals surface area contributed by atoms with Crippen LogP contribution in [0.3, 0.4) is 0 Å². The number of thiazole rings is 1. The highest BCUT2D eigenvalue weighted by Crippen LogP contribution is 2.33. The molecule has 2 nitrogen and oxygen atoms in total. The Hall–Kier alpha value is -0.450. The summed E-state index contributed by atoms with van der Waals surface area (Å²) in [5.74, 6) is 0.664. The Bertz CT molecular complexity index is 503. The van der Waals surface area contributed by atoms with Crippen LogP contribution < -0.4 is 5.32 Å². The SMILES string of the molecule is Brc1ccc2sc(C3CCNCC3)nc2c1. The molecule has 4 heteroatoms. The molecule has 1 N–H and O–H groups in total. The van der Waals surface area contributed by atoms with Gasteiger partial charge >= 0.3 is 0 Å². The van der Waals surface area contributed by atoms with E-state index in [4.69, 9.17) is 4.98 Å². The second-order valence-electron chi connectivity index (χ2n) is 4.19. The van der Waals surface area contributed by atoms with Crippen molar-refractivity contribution in [1.82, 2.24) is 10.3 Å². The van der Waals surface area contributed by atoms with Crippen molar-refractivity contribution < 1.29 is 0 Å². The van der Waals surface area contributed by atoms with Crippen molar-refractivity contribution in [3.63, 3.8) is 0 Å². The van der Waals surface area contributed by atoms with E-state index >= 15 is 0 Å². The molecule has 1 fully saturated rings. The molecule has 0 unspecified atom stereocenters. The van der Waals surface area contributed by atoms with E-state index < -0.39 is 0 Å². The maximum absolute atomic E-state index is 4.76. The zero-order chi connectivity index (χ0) is 11.0. The van der Waals surface area contributed by atoms with E-state index in [2.05, 4.69) is 39.4 Å². The molecule has 1 aliphatic rings. The lowest BCUT2D eigenvalue weighted by molar-refractivity contribution is 0.459. The molecule has 1 aromatic carbocycles. The van der Waals surface area contributed by atoms with Gasteiger partial charge in [0.2, 0.25) is 0 Å². The van der Waals surface area contributed by atoms with E-state index in [-0.39, 0.29) is 0 Å². The molecule has 0 atom stereocenters. The van der Waals surface area contributed by atoms with Crippen LogP contribution in [-0.4, -0.2) is 18.1 Å². The molecule has 2 aromatic rings. The number of halogens is 1. The predicted molar refractivity (Wildman–Crippen MR) is 72.2 cm³/mol. The van der Waals surface area contributed by atoms with Crippen LogP contribution in [-0.2, 0) is 0 Å². The molecular weight excluding hydrogens is 284 g/mol. The number of benzene rings is 1. The van der Waals surface area contributed by atoms with Crippen LogP contribution in [0.2, 0.25) is 0 Å². The van der Waals surface area contributed by atoms with E-state index in [9.17, 15) is 0 Å². The topological polar surface area (TPSA) is 24.9 Å². The minimum atomic E-state index is 0.664. The number of piperidine rings is 1. The van der Waals surface area contributed by atoms with Gasteiger partial charge in [-0.1, -0.05) is 15.9 Å². The molecule has 0 spiro atoms. The number of rotatable bonds is 1. The first-order valence-corrected chi connectivity index (χ1v) is 7.20. The lowest BCUT2D eigenvalue weighted by Crippen LogP contribution is -2.26. The molecule has 1 aromatic heterocycles. The quantitative estimate of drug-likeness (QED) is 0.871. The number of hydrogen-bond donors (Lipinski definition) is 1. The summed E-state index contributed by atoms with van der Waals surface area (Å²) in [5.41, 5.74) is 1.13. The van der Waals surface area contributed by atoms with Gasteiger partial charge in [0.15, 0.2) is 0 Å². The van der Waals surface area contributed by atoms with Crippen LogP contribution in [0.4, 0.5) is 0 Å². The standard InChI is InChI=1S/C12H13BrN2S/c13-9-1-2-11-10(7-9)15-12(16-11)8-3-5-14-6-4-8/h1-2,7-8,14H,3-6H2. The summed E-state index contributed by atoms with van der Waals surface area (Å²) >= 11 is 5.35. The number of nitrogens with zero attached hydrogens (tertiary/aromatic N) is 1. The summed E-state index contributed by atoms with van der Waals surface area (Å²) in [6, 6.07) is 6.35. The first-order chi connectivity index (χ1) is 7.83. The van der Waals surface area contributed by atoms with Crippen molar-refractivity contribution in [2.75, 3.05) is 13.1 Å². The molecule has 84 valence electrons. The minimum absolute atomic E-state index is 0.664. The summed E-state index contributed by atoms with van der Waals surface area (Å²) in [4.78, 5) is 4.76. The van der Waals surface area contributed by atoms with E-state index in [0.29, 0.717) is 5.92 Å². The molecule has 0 bridgehead atoms. The monoisotopic (exact) mass is 296 g/mol. The number of fused-ring (bicyclic) bond motifs is 1. The third-order valence-electron chi connectivity index (χ3n) is 3.05. The summed E-state index contributed by atoms with van der Waals surface area (Å²) in [5, 5.41) is 4.71. The zero-order valence-corrected chi connectivity index (χ0v) is 11.3. The number of aromatic nitrogens is 1. The fraction of sp³-hybridized carbons (Fsp3) is 0.417. The molecular formula is C12H13BrN2S. The summed E-state index contributed by atoms with van der Waals surface area (Å²) in [6.07, 6.45) is 2.45. The Balaban J connectivity index is 1.97. The van der Waals surface area contributed by atoms with Gasteiger partial charge in [-0.15, -0.1) is 11.3 Å². The molecule has 1 aliphatic heterocycles. The van der Waals surface area contributed by atoms with E-state index in [1.807, 2.05) is 11.3 Å². The minimum Gasteiger partial charge on any atom is -0.317 e. The largest absolute Gasteiger partial charge is 0.317 e. The Morgan fingerprint density at radius 2 is 2.12 bits per heavy atom. The maximum Gasteiger partial charge on any atom is 0.0970 e. The van der Waals surface area contributed by atoms with Gasteiger partial charge in [0.05, 0.1) is 15.2 Å². The third kappa shape index (κ3) is 2.01. The summed E-state index contributed by atoms with van der Waals surface area (Å²) in [6.45, 7) is 2.26. The second-order valence-corrected chi connectivity index (χ2v) is 6.17. The van der Waals surface area contributed by atoms with E-state index in [1.165, 1.54) is 22.5 Å². The second kappa shape index (κ2) is 4.43. The van der Waals surface area contributed by atoms with Crippen molar-refractivity contribution in [3.05, 3.63) is 27.7 Å². The highest BCUT2D eigenvalue weighted by molar-refractivity contribution is 9.10. The molecule has 0 saturated carbocycles. The summed E-state index contributed by atoms with van der Waals surface area (Å²) < 4.78 is 2.42. The molecule has 1 saturated heterocycles. The first-order valence-electron chi connectivity index (χ1n) is 5.59. The van der Waals surface area contributed by atoms with Gasteiger partial charge in [-0.3, -0.25) is 0 Å². The van der Waals surface area contributed by atoms with Crippen molar-refractivity contribution in [2.24, 2.45) is 0 Å². The zero-order valence-electron chi connectivity index (χ0n) is 8.87. The lowest BCUT2D eigenvalue weighted by atomic mass is 9.99. The van der Waals surface area contributed by atoms with Crippen LogP contribution in [0.1, 0.15) is 23.8 Å². The molecule has 3 rings (SSSR count). The average molecular weight is 297 g/mol. The van der Waals surface area contributed by atoms with Gasteiger partial charge in [-0.25, -0.2) is 4.98 Å². The van der Waals surface area contributed by atoms with Gasteiger partial charge in [0, 0.05) is 10.4 Å². The first kappa shape index (κ1) is 10.7. The van der Waals surface area contributed by atoms with Crippen LogP contribution in [0.15, 0.2) is 22.7 Å². The Morgan fingerprint density at radius 3 is 2.94 bits per heavy atom. The molecule has 2 heterocycles.